The van der Waals surface area contributed by atoms with Gasteiger partial charge in [0.1, 0.15) is 6.10 Å². The second-order valence-corrected chi connectivity index (χ2v) is 19.4. The zero-order valence-corrected chi connectivity index (χ0v) is 34.6. The Bertz CT molecular complexity index is 981. The zero-order chi connectivity index (χ0) is 35.8. The van der Waals surface area contributed by atoms with Crippen molar-refractivity contribution in [1.82, 2.24) is 0 Å². The van der Waals surface area contributed by atoms with Crippen molar-refractivity contribution in [1.29, 1.82) is 0 Å². The number of carbonyl (C=O) groups excluding carboxylic acids is 1. The minimum atomic E-state index is 0.0672. The van der Waals surface area contributed by atoms with Crippen LogP contribution in [0.3, 0.4) is 0 Å². The normalized spacial score (nSPS) is 31.2. The van der Waals surface area contributed by atoms with Crippen LogP contribution in [0.2, 0.25) is 0 Å². The quantitative estimate of drug-likeness (QED) is 0.0540. The summed E-state index contributed by atoms with van der Waals surface area (Å²) in [6, 6.07) is 0. The van der Waals surface area contributed by atoms with Gasteiger partial charge in [-0.15, -0.1) is 0 Å². The fourth-order valence-electron chi connectivity index (χ4n) is 12.2. The minimum Gasteiger partial charge on any atom is -0.462 e. The summed E-state index contributed by atoms with van der Waals surface area (Å²) < 4.78 is 6.15. The highest BCUT2D eigenvalue weighted by Gasteiger charge is 2.59. The molecule has 6 unspecified atom stereocenters. The predicted molar refractivity (Wildman–Crippen MR) is 216 cm³/mol. The van der Waals surface area contributed by atoms with Gasteiger partial charge in [-0.2, -0.15) is 0 Å². The average Bonchev–Trinajstić information content (AvgIpc) is 3.45. The van der Waals surface area contributed by atoms with Crippen LogP contribution in [0.4, 0.5) is 0 Å². The number of allylic oxidation sites excluding steroid dienone is 1. The molecule has 3 fully saturated rings. The summed E-state index contributed by atoms with van der Waals surface area (Å²) in [5.74, 6) is 5.36. The van der Waals surface area contributed by atoms with Gasteiger partial charge in [0.2, 0.25) is 0 Å². The maximum Gasteiger partial charge on any atom is 0.306 e. The molecule has 3 saturated carbocycles. The summed E-state index contributed by atoms with van der Waals surface area (Å²) in [4.78, 5) is 12.9. The summed E-state index contributed by atoms with van der Waals surface area (Å²) in [5.41, 5.74) is 2.54. The molecule has 0 aromatic rings. The van der Waals surface area contributed by atoms with Crippen molar-refractivity contribution in [2.24, 2.45) is 46.3 Å². The molecule has 0 heterocycles. The Kier molecular flexibility index (Phi) is 18.3. The van der Waals surface area contributed by atoms with E-state index in [1.807, 2.05) is 0 Å². The standard InChI is InChI=1S/C48H86O2/c1-7-8-9-10-11-12-13-14-15-16-17-18-19-20-21-22-23-28-46(49)50-41-33-35-47(5)40(37-41)29-30-42-44-32-31-43(48(44,6)36-34-45(42)47)39(4)27-25-24-26-38(2)3/h29,38-39,41-45H,7-28,30-37H2,1-6H3/t39?,41?,42?,43-,44?,45+,47?,48?/m1/s1. The van der Waals surface area contributed by atoms with E-state index < -0.39 is 0 Å². The van der Waals surface area contributed by atoms with E-state index in [1.165, 1.54) is 167 Å². The van der Waals surface area contributed by atoms with Gasteiger partial charge in [0.05, 0.1) is 0 Å². The van der Waals surface area contributed by atoms with Gasteiger partial charge in [-0.05, 0) is 97.7 Å². The second kappa shape index (κ2) is 21.8. The van der Waals surface area contributed by atoms with Crippen molar-refractivity contribution < 1.29 is 9.53 Å². The van der Waals surface area contributed by atoms with Crippen molar-refractivity contribution in [3.8, 4) is 0 Å². The van der Waals surface area contributed by atoms with E-state index in [0.717, 1.165) is 54.8 Å². The van der Waals surface area contributed by atoms with Crippen molar-refractivity contribution in [2.75, 3.05) is 0 Å². The Morgan fingerprint density at radius 3 is 1.88 bits per heavy atom. The van der Waals surface area contributed by atoms with E-state index in [0.29, 0.717) is 17.3 Å². The van der Waals surface area contributed by atoms with Crippen molar-refractivity contribution in [2.45, 2.75) is 240 Å². The van der Waals surface area contributed by atoms with Gasteiger partial charge in [-0.1, -0.05) is 182 Å². The molecule has 0 N–H and O–H groups in total. The lowest BCUT2D eigenvalue weighted by Gasteiger charge is -2.58. The lowest BCUT2D eigenvalue weighted by molar-refractivity contribution is -0.151. The lowest BCUT2D eigenvalue weighted by atomic mass is 9.47. The first-order valence-corrected chi connectivity index (χ1v) is 23.1. The molecule has 50 heavy (non-hydrogen) atoms. The topological polar surface area (TPSA) is 26.3 Å². The van der Waals surface area contributed by atoms with E-state index in [4.69, 9.17) is 4.74 Å². The number of esters is 1. The molecular weight excluding hydrogens is 609 g/mol. The van der Waals surface area contributed by atoms with E-state index in [1.54, 1.807) is 5.57 Å². The van der Waals surface area contributed by atoms with E-state index >= 15 is 0 Å². The number of hydrogen-bond acceptors (Lipinski definition) is 2. The molecule has 2 nitrogen and oxygen atoms in total. The summed E-state index contributed by atoms with van der Waals surface area (Å²) >= 11 is 0. The first kappa shape index (κ1) is 42.0. The number of hydrogen-bond donors (Lipinski definition) is 0. The number of ether oxygens (including phenoxy) is 1. The maximum absolute atomic E-state index is 12.9. The van der Waals surface area contributed by atoms with Crippen LogP contribution in [-0.4, -0.2) is 12.1 Å². The Hall–Kier alpha value is -0.790. The van der Waals surface area contributed by atoms with Crippen LogP contribution in [0.1, 0.15) is 234 Å². The van der Waals surface area contributed by atoms with Gasteiger partial charge < -0.3 is 4.74 Å². The molecular formula is C48H86O2. The predicted octanol–water partition coefficient (Wildman–Crippen LogP) is 15.4. The van der Waals surface area contributed by atoms with Crippen LogP contribution in [0.15, 0.2) is 11.6 Å². The third kappa shape index (κ3) is 12.1. The molecule has 0 aliphatic heterocycles. The largest absolute Gasteiger partial charge is 0.462 e. The van der Waals surface area contributed by atoms with Gasteiger partial charge in [0.15, 0.2) is 0 Å². The zero-order valence-electron chi connectivity index (χ0n) is 34.6. The van der Waals surface area contributed by atoms with Gasteiger partial charge >= 0.3 is 5.97 Å². The third-order valence-electron chi connectivity index (χ3n) is 15.3. The number of unbranched alkanes of at least 4 members (excludes halogenated alkanes) is 17. The molecule has 290 valence electrons. The first-order chi connectivity index (χ1) is 24.2. The Labute approximate surface area is 312 Å². The molecule has 4 aliphatic carbocycles. The molecule has 0 spiro atoms. The smallest absolute Gasteiger partial charge is 0.306 e. The molecule has 0 bridgehead atoms. The average molecular weight is 695 g/mol. The Morgan fingerprint density at radius 1 is 0.700 bits per heavy atom. The van der Waals surface area contributed by atoms with E-state index in [2.05, 4.69) is 47.6 Å². The van der Waals surface area contributed by atoms with Gasteiger partial charge in [-0.3, -0.25) is 4.79 Å². The van der Waals surface area contributed by atoms with Crippen molar-refractivity contribution in [3.63, 3.8) is 0 Å². The SMILES string of the molecule is CCCCCCCCCCCCCCCCCCCC(=O)OC1CCC2(C)C(=CCC3C4CC[C@H](C(C)CCCCC(C)C)C4(C)CC[C@@H]32)C1. The van der Waals surface area contributed by atoms with Gasteiger partial charge in [0.25, 0.3) is 0 Å². The molecule has 2 heteroatoms. The van der Waals surface area contributed by atoms with Crippen molar-refractivity contribution in [3.05, 3.63) is 11.6 Å². The Morgan fingerprint density at radius 2 is 1.28 bits per heavy atom. The monoisotopic (exact) mass is 695 g/mol. The highest BCUT2D eigenvalue weighted by Crippen LogP contribution is 2.67. The highest BCUT2D eigenvalue weighted by atomic mass is 16.5. The fraction of sp³-hybridized carbons (Fsp3) is 0.938. The van der Waals surface area contributed by atoms with Gasteiger partial charge in [0, 0.05) is 12.8 Å². The molecule has 0 aromatic heterocycles. The third-order valence-corrected chi connectivity index (χ3v) is 15.3. The molecule has 0 saturated heterocycles. The molecule has 0 aromatic carbocycles. The molecule has 0 amide bonds. The van der Waals surface area contributed by atoms with E-state index in [-0.39, 0.29) is 12.1 Å². The van der Waals surface area contributed by atoms with Crippen LogP contribution in [-0.2, 0) is 9.53 Å². The summed E-state index contributed by atoms with van der Waals surface area (Å²) in [6.07, 6.45) is 42.8. The number of carbonyl (C=O) groups is 1. The summed E-state index contributed by atoms with van der Waals surface area (Å²) in [6.45, 7) is 15.0. The van der Waals surface area contributed by atoms with Crippen LogP contribution in [0, 0.1) is 46.3 Å². The van der Waals surface area contributed by atoms with Crippen LogP contribution >= 0.6 is 0 Å². The van der Waals surface area contributed by atoms with Crippen LogP contribution < -0.4 is 0 Å². The molecule has 0 radical (unpaired) electrons. The summed E-state index contributed by atoms with van der Waals surface area (Å²) in [5, 5.41) is 0. The summed E-state index contributed by atoms with van der Waals surface area (Å²) in [7, 11) is 0. The van der Waals surface area contributed by atoms with Gasteiger partial charge in [-0.25, -0.2) is 0 Å². The van der Waals surface area contributed by atoms with Crippen LogP contribution in [0.5, 0.6) is 0 Å². The minimum absolute atomic E-state index is 0.0672. The fourth-order valence-corrected chi connectivity index (χ4v) is 12.2. The van der Waals surface area contributed by atoms with Crippen molar-refractivity contribution >= 4 is 5.97 Å². The van der Waals surface area contributed by atoms with E-state index in [9.17, 15) is 4.79 Å². The molecule has 4 aliphatic rings. The Balaban J connectivity index is 1.07. The number of fused-ring (bicyclic) bond motifs is 5. The lowest BCUT2D eigenvalue weighted by Crippen LogP contribution is -2.51. The maximum atomic E-state index is 12.9. The first-order valence-electron chi connectivity index (χ1n) is 23.1. The second-order valence-electron chi connectivity index (χ2n) is 19.4. The van der Waals surface area contributed by atoms with Crippen LogP contribution in [0.25, 0.3) is 0 Å². The molecule has 4 rings (SSSR count). The highest BCUT2D eigenvalue weighted by molar-refractivity contribution is 5.69. The molecule has 8 atom stereocenters. The number of rotatable bonds is 25.